The Morgan fingerprint density at radius 1 is 1.18 bits per heavy atom. The molecule has 0 saturated heterocycles. The fourth-order valence-corrected chi connectivity index (χ4v) is 1.29. The molecular weight excluding hydrogens is 216 g/mol. The summed E-state index contributed by atoms with van der Waals surface area (Å²) in [5, 5.41) is 8.71. The molecule has 0 amide bonds. The van der Waals surface area contributed by atoms with Crippen LogP contribution in [0.4, 0.5) is 0 Å². The van der Waals surface area contributed by atoms with Crippen molar-refractivity contribution in [1.82, 2.24) is 4.98 Å². The third-order valence-electron chi connectivity index (χ3n) is 2.09. The molecule has 1 aromatic heterocycles. The maximum Gasteiger partial charge on any atom is 0.150 e. The molecule has 1 aromatic carbocycles. The van der Waals surface area contributed by atoms with Gasteiger partial charge in [-0.2, -0.15) is 5.26 Å². The number of benzene rings is 1. The number of carbonyl (C=O) groups is 1. The number of ether oxygens (including phenoxy) is 1. The van der Waals surface area contributed by atoms with Crippen molar-refractivity contribution < 1.29 is 9.53 Å². The molecule has 4 nitrogen and oxygen atoms in total. The summed E-state index contributed by atoms with van der Waals surface area (Å²) in [7, 11) is 0. The van der Waals surface area contributed by atoms with Gasteiger partial charge in [-0.3, -0.25) is 9.78 Å². The molecule has 82 valence electrons. The summed E-state index contributed by atoms with van der Waals surface area (Å²) in [6.45, 7) is 0. The van der Waals surface area contributed by atoms with Crippen LogP contribution in [0.3, 0.4) is 0 Å². The van der Waals surface area contributed by atoms with Crippen molar-refractivity contribution >= 4 is 6.29 Å². The number of hydrogen-bond acceptors (Lipinski definition) is 4. The van der Waals surface area contributed by atoms with E-state index >= 15 is 0 Å². The molecule has 0 bridgehead atoms. The zero-order valence-electron chi connectivity index (χ0n) is 8.83. The molecule has 0 radical (unpaired) electrons. The molecule has 2 rings (SSSR count). The molecule has 0 aliphatic rings. The standard InChI is InChI=1S/C13H8N2O2/c14-6-11-5-13(8-15-7-11)17-12-3-1-10(9-16)2-4-12/h1-5,7-9H. The second-order valence-corrected chi connectivity index (χ2v) is 3.31. The van der Waals surface area contributed by atoms with Gasteiger partial charge >= 0.3 is 0 Å². The van der Waals surface area contributed by atoms with Gasteiger partial charge in [0.15, 0.2) is 0 Å². The molecule has 4 heteroatoms. The highest BCUT2D eigenvalue weighted by Gasteiger charge is 1.99. The van der Waals surface area contributed by atoms with Crippen LogP contribution in [0.1, 0.15) is 15.9 Å². The number of nitrogens with zero attached hydrogens (tertiary/aromatic N) is 2. The van der Waals surface area contributed by atoms with Crippen LogP contribution < -0.4 is 4.74 Å². The van der Waals surface area contributed by atoms with Gasteiger partial charge in [0, 0.05) is 17.8 Å². The Hall–Kier alpha value is -2.67. The number of aldehydes is 1. The third kappa shape index (κ3) is 2.67. The highest BCUT2D eigenvalue weighted by molar-refractivity contribution is 5.74. The van der Waals surface area contributed by atoms with E-state index in [4.69, 9.17) is 10.00 Å². The van der Waals surface area contributed by atoms with Gasteiger partial charge < -0.3 is 4.74 Å². The van der Waals surface area contributed by atoms with Crippen LogP contribution in [0, 0.1) is 11.3 Å². The second-order valence-electron chi connectivity index (χ2n) is 3.31. The van der Waals surface area contributed by atoms with Crippen molar-refractivity contribution in [1.29, 1.82) is 5.26 Å². The van der Waals surface area contributed by atoms with Gasteiger partial charge in [-0.15, -0.1) is 0 Å². The van der Waals surface area contributed by atoms with Crippen molar-refractivity contribution in [3.05, 3.63) is 53.9 Å². The summed E-state index contributed by atoms with van der Waals surface area (Å²) in [5.41, 5.74) is 1.02. The fourth-order valence-electron chi connectivity index (χ4n) is 1.29. The first-order valence-electron chi connectivity index (χ1n) is 4.90. The van der Waals surface area contributed by atoms with E-state index in [0.29, 0.717) is 22.6 Å². The Bertz CT molecular complexity index is 571. The average Bonchev–Trinajstić information content (AvgIpc) is 2.40. The van der Waals surface area contributed by atoms with Crippen LogP contribution in [0.5, 0.6) is 11.5 Å². The van der Waals surface area contributed by atoms with Crippen LogP contribution >= 0.6 is 0 Å². The van der Waals surface area contributed by atoms with E-state index in [1.807, 2.05) is 6.07 Å². The molecular formula is C13H8N2O2. The predicted octanol–water partition coefficient (Wildman–Crippen LogP) is 2.56. The van der Waals surface area contributed by atoms with Gasteiger partial charge in [0.05, 0.1) is 11.8 Å². The predicted molar refractivity (Wildman–Crippen MR) is 60.9 cm³/mol. The average molecular weight is 224 g/mol. The first-order chi connectivity index (χ1) is 8.31. The molecule has 2 aromatic rings. The lowest BCUT2D eigenvalue weighted by Gasteiger charge is -2.04. The molecule has 0 fully saturated rings. The maximum absolute atomic E-state index is 10.5. The lowest BCUT2D eigenvalue weighted by Crippen LogP contribution is -1.87. The zero-order chi connectivity index (χ0) is 12.1. The molecule has 17 heavy (non-hydrogen) atoms. The number of rotatable bonds is 3. The van der Waals surface area contributed by atoms with Gasteiger partial charge in [-0.05, 0) is 24.3 Å². The third-order valence-corrected chi connectivity index (χ3v) is 2.09. The largest absolute Gasteiger partial charge is 0.456 e. The lowest BCUT2D eigenvalue weighted by atomic mass is 10.2. The van der Waals surface area contributed by atoms with Crippen LogP contribution in [-0.4, -0.2) is 11.3 Å². The smallest absolute Gasteiger partial charge is 0.150 e. The van der Waals surface area contributed by atoms with E-state index in [0.717, 1.165) is 6.29 Å². The van der Waals surface area contributed by atoms with Crippen LogP contribution in [0.2, 0.25) is 0 Å². The topological polar surface area (TPSA) is 63.0 Å². The molecule has 0 aliphatic heterocycles. The molecule has 0 unspecified atom stereocenters. The zero-order valence-corrected chi connectivity index (χ0v) is 8.83. The first kappa shape index (κ1) is 10.8. The van der Waals surface area contributed by atoms with Crippen LogP contribution in [0.15, 0.2) is 42.7 Å². The monoisotopic (exact) mass is 224 g/mol. The number of pyridine rings is 1. The number of nitriles is 1. The van der Waals surface area contributed by atoms with E-state index in [-0.39, 0.29) is 0 Å². The molecule has 0 atom stereocenters. The van der Waals surface area contributed by atoms with Crippen LogP contribution in [0.25, 0.3) is 0 Å². The summed E-state index contributed by atoms with van der Waals surface area (Å²) in [6, 6.07) is 10.3. The summed E-state index contributed by atoms with van der Waals surface area (Å²) in [6.07, 6.45) is 3.75. The fraction of sp³-hybridized carbons (Fsp3) is 0. The minimum absolute atomic E-state index is 0.437. The number of hydrogen-bond donors (Lipinski definition) is 0. The Kier molecular flexibility index (Phi) is 3.13. The van der Waals surface area contributed by atoms with E-state index in [1.54, 1.807) is 30.3 Å². The van der Waals surface area contributed by atoms with Gasteiger partial charge in [-0.1, -0.05) is 0 Å². The summed E-state index contributed by atoms with van der Waals surface area (Å²) >= 11 is 0. The Labute approximate surface area is 98.1 Å². The van der Waals surface area contributed by atoms with Crippen molar-refractivity contribution in [3.8, 4) is 17.6 Å². The van der Waals surface area contributed by atoms with Gasteiger partial charge in [-0.25, -0.2) is 0 Å². The Balaban J connectivity index is 2.19. The second kappa shape index (κ2) is 4.90. The van der Waals surface area contributed by atoms with E-state index in [9.17, 15) is 4.79 Å². The summed E-state index contributed by atoms with van der Waals surface area (Å²) in [5.74, 6) is 1.08. The summed E-state index contributed by atoms with van der Waals surface area (Å²) in [4.78, 5) is 14.4. The Morgan fingerprint density at radius 3 is 2.59 bits per heavy atom. The molecule has 0 aliphatic carbocycles. The normalized spacial score (nSPS) is 9.35. The minimum Gasteiger partial charge on any atom is -0.456 e. The maximum atomic E-state index is 10.5. The van der Waals surface area contributed by atoms with Crippen molar-refractivity contribution in [2.45, 2.75) is 0 Å². The van der Waals surface area contributed by atoms with Crippen molar-refractivity contribution in [2.75, 3.05) is 0 Å². The van der Waals surface area contributed by atoms with Crippen molar-refractivity contribution in [3.63, 3.8) is 0 Å². The Morgan fingerprint density at radius 2 is 1.94 bits per heavy atom. The van der Waals surface area contributed by atoms with Gasteiger partial charge in [0.2, 0.25) is 0 Å². The van der Waals surface area contributed by atoms with E-state index in [1.165, 1.54) is 12.4 Å². The van der Waals surface area contributed by atoms with E-state index < -0.39 is 0 Å². The highest BCUT2D eigenvalue weighted by Crippen LogP contribution is 2.21. The van der Waals surface area contributed by atoms with Gasteiger partial charge in [0.1, 0.15) is 23.9 Å². The van der Waals surface area contributed by atoms with E-state index in [2.05, 4.69) is 4.98 Å². The first-order valence-corrected chi connectivity index (χ1v) is 4.90. The molecule has 0 N–H and O–H groups in total. The van der Waals surface area contributed by atoms with Gasteiger partial charge in [0.25, 0.3) is 0 Å². The lowest BCUT2D eigenvalue weighted by molar-refractivity contribution is 0.112. The molecule has 1 heterocycles. The summed E-state index contributed by atoms with van der Waals surface area (Å²) < 4.78 is 5.49. The minimum atomic E-state index is 0.437. The molecule has 0 spiro atoms. The van der Waals surface area contributed by atoms with Crippen molar-refractivity contribution in [2.24, 2.45) is 0 Å². The quantitative estimate of drug-likeness (QED) is 0.751. The highest BCUT2D eigenvalue weighted by atomic mass is 16.5. The molecule has 0 saturated carbocycles. The SMILES string of the molecule is N#Cc1cncc(Oc2ccc(C=O)cc2)c1. The van der Waals surface area contributed by atoms with Crippen LogP contribution in [-0.2, 0) is 0 Å². The number of aromatic nitrogens is 1. The number of carbonyl (C=O) groups excluding carboxylic acids is 1.